The van der Waals surface area contributed by atoms with E-state index in [0.717, 1.165) is 29.7 Å². The minimum absolute atomic E-state index is 0.0574. The van der Waals surface area contributed by atoms with E-state index in [0.29, 0.717) is 5.56 Å². The van der Waals surface area contributed by atoms with E-state index in [1.54, 1.807) is 0 Å². The van der Waals surface area contributed by atoms with Gasteiger partial charge in [-0.25, -0.2) is 4.98 Å². The molecule has 0 unspecified atom stereocenters. The highest BCUT2D eigenvalue weighted by Crippen LogP contribution is 2.53. The number of aryl methyl sites for hydroxylation is 1. The Balaban J connectivity index is 1.92. The number of fused-ring (bicyclic) bond motifs is 1. The molecule has 3 nitrogen and oxygen atoms in total. The summed E-state index contributed by atoms with van der Waals surface area (Å²) in [6, 6.07) is 18.5. The van der Waals surface area contributed by atoms with E-state index in [2.05, 4.69) is 41.9 Å². The topological polar surface area (TPSA) is 41.6 Å². The second-order valence-electron chi connectivity index (χ2n) is 5.76. The molecule has 4 rings (SSSR count). The second kappa shape index (κ2) is 4.20. The monoisotopic (exact) mass is 273 g/mol. The van der Waals surface area contributed by atoms with E-state index in [1.165, 1.54) is 5.56 Å². The Kier molecular flexibility index (Phi) is 2.43. The van der Waals surface area contributed by atoms with Crippen LogP contribution in [0.5, 0.6) is 0 Å². The third kappa shape index (κ3) is 1.69. The van der Waals surface area contributed by atoms with Crippen LogP contribution in [0.25, 0.3) is 11.0 Å². The Morgan fingerprint density at radius 1 is 1.14 bits per heavy atom. The molecule has 0 atom stereocenters. The quantitative estimate of drug-likeness (QED) is 0.716. The summed E-state index contributed by atoms with van der Waals surface area (Å²) in [7, 11) is 2.05. The van der Waals surface area contributed by atoms with Crippen LogP contribution in [0.3, 0.4) is 0 Å². The van der Waals surface area contributed by atoms with Gasteiger partial charge in [0.15, 0.2) is 0 Å². The van der Waals surface area contributed by atoms with Gasteiger partial charge < -0.3 is 4.57 Å². The minimum atomic E-state index is 0.0574. The second-order valence-corrected chi connectivity index (χ2v) is 5.76. The van der Waals surface area contributed by atoms with E-state index in [1.807, 2.05) is 24.3 Å². The molecule has 1 fully saturated rings. The van der Waals surface area contributed by atoms with Crippen LogP contribution in [-0.2, 0) is 12.5 Å². The standard InChI is InChI=1S/C18H15N3/c1-21-16-11-13(12-19)7-8-15(16)20-17(21)18(9-10-18)14-5-3-2-4-6-14/h2-8,11H,9-10H2,1H3. The third-order valence-corrected chi connectivity index (χ3v) is 4.51. The molecule has 21 heavy (non-hydrogen) atoms. The Morgan fingerprint density at radius 2 is 1.90 bits per heavy atom. The predicted octanol–water partition coefficient (Wildman–Crippen LogP) is 3.52. The van der Waals surface area contributed by atoms with E-state index < -0.39 is 0 Å². The largest absolute Gasteiger partial charge is 0.330 e. The first-order chi connectivity index (χ1) is 10.2. The van der Waals surface area contributed by atoms with Crippen molar-refractivity contribution in [3.63, 3.8) is 0 Å². The molecule has 3 heteroatoms. The first-order valence-electron chi connectivity index (χ1n) is 7.17. The van der Waals surface area contributed by atoms with Gasteiger partial charge in [0, 0.05) is 7.05 Å². The van der Waals surface area contributed by atoms with Crippen molar-refractivity contribution in [2.24, 2.45) is 7.05 Å². The molecule has 0 aliphatic heterocycles. The number of rotatable bonds is 2. The number of hydrogen-bond acceptors (Lipinski definition) is 2. The normalized spacial score (nSPS) is 15.8. The van der Waals surface area contributed by atoms with Crippen molar-refractivity contribution in [3.8, 4) is 6.07 Å². The van der Waals surface area contributed by atoms with Gasteiger partial charge in [0.1, 0.15) is 5.82 Å². The van der Waals surface area contributed by atoms with Gasteiger partial charge in [0.05, 0.1) is 28.1 Å². The summed E-state index contributed by atoms with van der Waals surface area (Å²) >= 11 is 0. The molecule has 102 valence electrons. The maximum absolute atomic E-state index is 9.07. The Hall–Kier alpha value is -2.60. The van der Waals surface area contributed by atoms with Crippen molar-refractivity contribution in [3.05, 3.63) is 65.5 Å². The van der Waals surface area contributed by atoms with Gasteiger partial charge in [-0.15, -0.1) is 0 Å². The molecule has 1 saturated carbocycles. The van der Waals surface area contributed by atoms with Crippen LogP contribution >= 0.6 is 0 Å². The predicted molar refractivity (Wildman–Crippen MR) is 81.9 cm³/mol. The van der Waals surface area contributed by atoms with Crippen LogP contribution in [-0.4, -0.2) is 9.55 Å². The first-order valence-corrected chi connectivity index (χ1v) is 7.17. The molecule has 1 aliphatic carbocycles. The summed E-state index contributed by atoms with van der Waals surface area (Å²) in [6.07, 6.45) is 2.28. The van der Waals surface area contributed by atoms with E-state index in [-0.39, 0.29) is 5.41 Å². The number of hydrogen-bond donors (Lipinski definition) is 0. The molecule has 0 amide bonds. The fraction of sp³-hybridized carbons (Fsp3) is 0.222. The molecule has 1 aromatic heterocycles. The molecule has 1 aliphatic rings. The van der Waals surface area contributed by atoms with Crippen LogP contribution in [0.4, 0.5) is 0 Å². The van der Waals surface area contributed by atoms with Crippen molar-refractivity contribution in [1.29, 1.82) is 5.26 Å². The maximum atomic E-state index is 9.07. The van der Waals surface area contributed by atoms with Gasteiger partial charge >= 0.3 is 0 Å². The van der Waals surface area contributed by atoms with Crippen molar-refractivity contribution >= 4 is 11.0 Å². The van der Waals surface area contributed by atoms with Crippen molar-refractivity contribution in [1.82, 2.24) is 9.55 Å². The highest BCUT2D eigenvalue weighted by Gasteiger charge is 2.49. The fourth-order valence-corrected chi connectivity index (χ4v) is 3.21. The number of nitriles is 1. The lowest BCUT2D eigenvalue weighted by Gasteiger charge is -2.15. The molecule has 0 radical (unpaired) electrons. The van der Waals surface area contributed by atoms with Crippen molar-refractivity contribution in [2.75, 3.05) is 0 Å². The molecule has 0 spiro atoms. The van der Waals surface area contributed by atoms with Crippen LogP contribution in [0.2, 0.25) is 0 Å². The van der Waals surface area contributed by atoms with Gasteiger partial charge in [0.2, 0.25) is 0 Å². The summed E-state index contributed by atoms with van der Waals surface area (Å²) in [5.74, 6) is 1.11. The van der Waals surface area contributed by atoms with E-state index in [4.69, 9.17) is 10.2 Å². The highest BCUT2D eigenvalue weighted by molar-refractivity contribution is 5.78. The smallest absolute Gasteiger partial charge is 0.120 e. The number of benzene rings is 2. The molecule has 0 bridgehead atoms. The molecular formula is C18H15N3. The Bertz CT molecular complexity index is 865. The lowest BCUT2D eigenvalue weighted by atomic mass is 9.95. The summed E-state index contributed by atoms with van der Waals surface area (Å²) in [6.45, 7) is 0. The number of nitrogens with zero attached hydrogens (tertiary/aromatic N) is 3. The SMILES string of the molecule is Cn1c(C2(c3ccccc3)CC2)nc2ccc(C#N)cc21. The minimum Gasteiger partial charge on any atom is -0.330 e. The summed E-state index contributed by atoms with van der Waals surface area (Å²) in [5.41, 5.74) is 4.08. The number of aromatic nitrogens is 2. The fourth-order valence-electron chi connectivity index (χ4n) is 3.21. The lowest BCUT2D eigenvalue weighted by Crippen LogP contribution is -2.14. The molecule has 0 saturated heterocycles. The molecule has 3 aromatic rings. The Morgan fingerprint density at radius 3 is 2.57 bits per heavy atom. The maximum Gasteiger partial charge on any atom is 0.120 e. The van der Waals surface area contributed by atoms with Crippen molar-refractivity contribution in [2.45, 2.75) is 18.3 Å². The van der Waals surface area contributed by atoms with Crippen LogP contribution in [0, 0.1) is 11.3 Å². The van der Waals surface area contributed by atoms with Gasteiger partial charge in [-0.1, -0.05) is 30.3 Å². The van der Waals surface area contributed by atoms with Gasteiger partial charge in [0.25, 0.3) is 0 Å². The number of imidazole rings is 1. The van der Waals surface area contributed by atoms with E-state index in [9.17, 15) is 0 Å². The Labute approximate surface area is 123 Å². The van der Waals surface area contributed by atoms with Crippen LogP contribution in [0.1, 0.15) is 29.8 Å². The zero-order chi connectivity index (χ0) is 14.4. The van der Waals surface area contributed by atoms with Gasteiger partial charge in [-0.2, -0.15) is 5.26 Å². The molecule has 2 aromatic carbocycles. The van der Waals surface area contributed by atoms with Crippen LogP contribution in [0.15, 0.2) is 48.5 Å². The molecule has 1 heterocycles. The zero-order valence-corrected chi connectivity index (χ0v) is 11.9. The van der Waals surface area contributed by atoms with Gasteiger partial charge in [-0.05, 0) is 36.6 Å². The highest BCUT2D eigenvalue weighted by atomic mass is 15.1. The first kappa shape index (κ1) is 12.2. The molecule has 0 N–H and O–H groups in total. The van der Waals surface area contributed by atoms with E-state index >= 15 is 0 Å². The van der Waals surface area contributed by atoms with Crippen LogP contribution < -0.4 is 0 Å². The summed E-state index contributed by atoms with van der Waals surface area (Å²) in [4.78, 5) is 4.85. The van der Waals surface area contributed by atoms with Crippen molar-refractivity contribution < 1.29 is 0 Å². The van der Waals surface area contributed by atoms with Gasteiger partial charge in [-0.3, -0.25) is 0 Å². The summed E-state index contributed by atoms with van der Waals surface area (Å²) in [5, 5.41) is 9.07. The molecular weight excluding hydrogens is 258 g/mol. The third-order valence-electron chi connectivity index (χ3n) is 4.51. The average Bonchev–Trinajstić information content (AvgIpc) is 3.28. The average molecular weight is 273 g/mol. The zero-order valence-electron chi connectivity index (χ0n) is 11.9. The lowest BCUT2D eigenvalue weighted by molar-refractivity contribution is 0.705. The summed E-state index contributed by atoms with van der Waals surface area (Å²) < 4.78 is 2.15.